The number of azo groups is 1. The Hall–Kier alpha value is -4.18. The van der Waals surface area contributed by atoms with Crippen LogP contribution >= 0.6 is 12.2 Å². The van der Waals surface area contributed by atoms with Gasteiger partial charge in [0.1, 0.15) is 0 Å². The Labute approximate surface area is 207 Å². The van der Waals surface area contributed by atoms with E-state index in [9.17, 15) is 29.6 Å². The van der Waals surface area contributed by atoms with Crippen LogP contribution in [0.15, 0.2) is 28.4 Å². The van der Waals surface area contributed by atoms with E-state index in [1.54, 1.807) is 0 Å². The van der Waals surface area contributed by atoms with Crippen molar-refractivity contribution in [3.05, 3.63) is 28.3 Å². The molecule has 1 aliphatic rings. The Balaban J connectivity index is 2.25. The molecule has 192 valence electrons. The van der Waals surface area contributed by atoms with Gasteiger partial charge in [0.2, 0.25) is 11.0 Å². The minimum absolute atomic E-state index is 0.0354. The van der Waals surface area contributed by atoms with Gasteiger partial charge in [0.25, 0.3) is 5.69 Å². The van der Waals surface area contributed by atoms with Crippen LogP contribution in [-0.4, -0.2) is 62.5 Å². The molecule has 2 aromatic rings. The summed E-state index contributed by atoms with van der Waals surface area (Å²) in [6.45, 7) is 2.96. The number of aromatic hydroxyl groups is 1. The summed E-state index contributed by atoms with van der Waals surface area (Å²) < 4.78 is 22.7. The highest BCUT2D eigenvalue weighted by Crippen LogP contribution is 2.45. The number of ether oxygens (including phenoxy) is 4. The van der Waals surface area contributed by atoms with Gasteiger partial charge >= 0.3 is 17.9 Å². The zero-order valence-electron chi connectivity index (χ0n) is 19.1. The van der Waals surface area contributed by atoms with Crippen molar-refractivity contribution in [3.8, 4) is 5.88 Å². The van der Waals surface area contributed by atoms with Gasteiger partial charge in [-0.3, -0.25) is 29.1 Å². The van der Waals surface area contributed by atoms with Crippen LogP contribution in [0, 0.1) is 10.1 Å². The van der Waals surface area contributed by atoms with Crippen LogP contribution in [0.3, 0.4) is 0 Å². The molecule has 2 heterocycles. The van der Waals surface area contributed by atoms with Crippen LogP contribution < -0.4 is 5.73 Å². The van der Waals surface area contributed by atoms with Crippen molar-refractivity contribution < 1.29 is 43.4 Å². The lowest BCUT2D eigenvalue weighted by atomic mass is 10.0. The smallest absolute Gasteiger partial charge is 0.303 e. The number of hydrogen-bond donors (Lipinski definition) is 2. The highest BCUT2D eigenvalue weighted by atomic mass is 32.1. The third-order valence-corrected chi connectivity index (χ3v) is 5.06. The predicted molar refractivity (Wildman–Crippen MR) is 123 cm³/mol. The maximum Gasteiger partial charge on any atom is 0.303 e. The minimum atomic E-state index is -1.47. The molecule has 15 nitrogen and oxygen atoms in total. The van der Waals surface area contributed by atoms with Crippen molar-refractivity contribution in [2.45, 2.75) is 45.3 Å². The summed E-state index contributed by atoms with van der Waals surface area (Å²) in [4.78, 5) is 46.2. The van der Waals surface area contributed by atoms with Gasteiger partial charge in [-0.1, -0.05) is 0 Å². The van der Waals surface area contributed by atoms with Crippen molar-refractivity contribution in [1.82, 2.24) is 4.57 Å². The lowest BCUT2D eigenvalue weighted by molar-refractivity contribution is -0.384. The van der Waals surface area contributed by atoms with Crippen LogP contribution in [0.4, 0.5) is 11.4 Å². The molecular formula is C20H21N5O10S. The zero-order chi connectivity index (χ0) is 26.7. The van der Waals surface area contributed by atoms with Gasteiger partial charge in [0.15, 0.2) is 30.2 Å². The summed E-state index contributed by atoms with van der Waals surface area (Å²) in [5, 5.41) is 29.7. The van der Waals surface area contributed by atoms with Gasteiger partial charge in [-0.2, -0.15) is 0 Å². The molecule has 0 aliphatic carbocycles. The molecule has 0 saturated carbocycles. The van der Waals surface area contributed by atoms with Crippen molar-refractivity contribution in [2.75, 3.05) is 6.61 Å². The second-order valence-corrected chi connectivity index (χ2v) is 7.98. The maximum absolute atomic E-state index is 12.0. The number of non-ortho nitro benzene ring substituents is 1. The first-order valence-electron chi connectivity index (χ1n) is 10.3. The average Bonchev–Trinajstić information content (AvgIpc) is 3.04. The molecule has 1 fully saturated rings. The van der Waals surface area contributed by atoms with E-state index in [0.717, 1.165) is 31.4 Å². The maximum atomic E-state index is 12.0. The lowest BCUT2D eigenvalue weighted by Crippen LogP contribution is -2.55. The summed E-state index contributed by atoms with van der Waals surface area (Å²) in [6, 6.07) is 3.62. The highest BCUT2D eigenvalue weighted by Gasteiger charge is 2.49. The molecule has 0 unspecified atom stereocenters. The van der Waals surface area contributed by atoms with Gasteiger partial charge in [-0.15, -0.1) is 10.2 Å². The predicted octanol–water partition coefficient (Wildman–Crippen LogP) is 1.91. The van der Waals surface area contributed by atoms with E-state index in [1.807, 2.05) is 0 Å². The van der Waals surface area contributed by atoms with Crippen LogP contribution in [0.25, 0.3) is 10.9 Å². The largest absolute Gasteiger partial charge is 0.493 e. The molecule has 16 heteroatoms. The number of thiocarbonyl (C=S) groups is 1. The summed E-state index contributed by atoms with van der Waals surface area (Å²) in [7, 11) is 0. The van der Waals surface area contributed by atoms with Crippen molar-refractivity contribution in [3.63, 3.8) is 0 Å². The molecule has 0 spiro atoms. The number of nitrogens with two attached hydrogens (primary N) is 1. The van der Waals surface area contributed by atoms with E-state index in [-0.39, 0.29) is 34.0 Å². The number of esters is 3. The quantitative estimate of drug-likeness (QED) is 0.139. The molecule has 1 aromatic heterocycles. The number of benzene rings is 1. The van der Waals surface area contributed by atoms with E-state index in [2.05, 4.69) is 22.4 Å². The minimum Gasteiger partial charge on any atom is -0.493 e. The average molecular weight is 523 g/mol. The molecule has 1 aliphatic heterocycles. The standard InChI is InChI=1S/C20H21N5O10S/c1-8(26)33-14-7-32-19(17(35-10(3)28)16(14)34-9(2)27)24-13-6-11(25(30)31)4-5-12(13)15(18(24)29)22-23-20(21)36/h4-6,14,16-17,19,29H,7H2,1-3H3,(H2,21,36)/t14-,16+,17+,19+/m1/s1. The Morgan fingerprint density at radius 3 is 2.33 bits per heavy atom. The number of carbonyl (C=O) groups excluding carboxylic acids is 3. The monoisotopic (exact) mass is 523 g/mol. The van der Waals surface area contributed by atoms with Crippen molar-refractivity contribution >= 4 is 57.5 Å². The second kappa shape index (κ2) is 10.6. The number of nitrogens with zero attached hydrogens (tertiary/aromatic N) is 4. The van der Waals surface area contributed by atoms with E-state index >= 15 is 0 Å². The van der Waals surface area contributed by atoms with Crippen LogP contribution in [-0.2, 0) is 33.3 Å². The van der Waals surface area contributed by atoms with Gasteiger partial charge in [0.05, 0.1) is 17.0 Å². The number of carbonyl (C=O) groups is 3. The van der Waals surface area contributed by atoms with Crippen LogP contribution in [0.2, 0.25) is 0 Å². The first-order valence-corrected chi connectivity index (χ1v) is 10.7. The van der Waals surface area contributed by atoms with Gasteiger partial charge < -0.3 is 29.8 Å². The second-order valence-electron chi connectivity index (χ2n) is 7.56. The molecule has 0 radical (unpaired) electrons. The fourth-order valence-electron chi connectivity index (χ4n) is 3.78. The molecule has 1 saturated heterocycles. The molecule has 0 bridgehead atoms. The fraction of sp³-hybridized carbons (Fsp3) is 0.400. The number of nitro benzene ring substituents is 1. The number of fused-ring (bicyclic) bond motifs is 1. The first kappa shape index (κ1) is 26.4. The topological polar surface area (TPSA) is 207 Å². The lowest BCUT2D eigenvalue weighted by Gasteiger charge is -2.41. The molecule has 36 heavy (non-hydrogen) atoms. The normalized spacial score (nSPS) is 21.8. The van der Waals surface area contributed by atoms with E-state index in [0.29, 0.717) is 0 Å². The number of nitro groups is 1. The van der Waals surface area contributed by atoms with Crippen molar-refractivity contribution in [1.29, 1.82) is 0 Å². The molecule has 3 rings (SSSR count). The van der Waals surface area contributed by atoms with Gasteiger partial charge in [-0.05, 0) is 18.3 Å². The Morgan fingerprint density at radius 1 is 1.17 bits per heavy atom. The number of rotatable bonds is 6. The van der Waals surface area contributed by atoms with E-state index in [1.165, 1.54) is 12.1 Å². The summed E-state index contributed by atoms with van der Waals surface area (Å²) in [5.41, 5.74) is 4.90. The number of hydrogen-bond acceptors (Lipinski definition) is 12. The fourth-order valence-corrected chi connectivity index (χ4v) is 3.82. The van der Waals surface area contributed by atoms with E-state index < -0.39 is 53.3 Å². The molecule has 4 atom stereocenters. The zero-order valence-corrected chi connectivity index (χ0v) is 20.0. The number of aromatic nitrogens is 1. The molecule has 1 aromatic carbocycles. The highest BCUT2D eigenvalue weighted by molar-refractivity contribution is 7.80. The third-order valence-electron chi connectivity index (χ3n) is 4.97. The van der Waals surface area contributed by atoms with Gasteiger partial charge in [-0.25, -0.2) is 0 Å². The van der Waals surface area contributed by atoms with Crippen LogP contribution in [0.1, 0.15) is 27.0 Å². The first-order chi connectivity index (χ1) is 16.9. The summed E-state index contributed by atoms with van der Waals surface area (Å²) >= 11 is 4.68. The summed E-state index contributed by atoms with van der Waals surface area (Å²) in [5.74, 6) is -2.91. The molecule has 3 N–H and O–H groups in total. The Kier molecular flexibility index (Phi) is 7.79. The van der Waals surface area contributed by atoms with Crippen LogP contribution in [0.5, 0.6) is 5.88 Å². The Morgan fingerprint density at radius 2 is 1.78 bits per heavy atom. The SMILES string of the molecule is CC(=O)O[C@@H]1[C@H](OC(C)=O)[C@@H](n2c(O)c(N=NC(N)=S)c3ccc([N+](=O)[O-])cc32)OC[C@H]1OC(C)=O. The van der Waals surface area contributed by atoms with E-state index in [4.69, 9.17) is 24.7 Å². The third kappa shape index (κ3) is 5.55. The Bertz CT molecular complexity index is 1280. The summed E-state index contributed by atoms with van der Waals surface area (Å²) in [6.07, 6.45) is -5.40. The molecule has 0 amide bonds. The van der Waals surface area contributed by atoms with Gasteiger partial charge in [0, 0.05) is 38.3 Å². The van der Waals surface area contributed by atoms with Crippen molar-refractivity contribution in [2.24, 2.45) is 16.0 Å². The molecular weight excluding hydrogens is 502 g/mol.